The van der Waals surface area contributed by atoms with E-state index in [-0.39, 0.29) is 35.5 Å². The van der Waals surface area contributed by atoms with E-state index in [1.165, 1.54) is 35.7 Å². The van der Waals surface area contributed by atoms with Gasteiger partial charge >= 0.3 is 5.97 Å². The van der Waals surface area contributed by atoms with E-state index in [2.05, 4.69) is 10.6 Å². The van der Waals surface area contributed by atoms with Crippen LogP contribution in [0.15, 0.2) is 29.2 Å². The Bertz CT molecular complexity index is 961. The largest absolute Gasteiger partial charge is 0.454 e. The molecule has 0 spiro atoms. The number of morpholine rings is 1. The molecule has 0 aromatic heterocycles. The van der Waals surface area contributed by atoms with Crippen molar-refractivity contribution in [3.05, 3.63) is 29.8 Å². The van der Waals surface area contributed by atoms with Crippen LogP contribution < -0.4 is 10.6 Å². The topological polar surface area (TPSA) is 140 Å². The van der Waals surface area contributed by atoms with Crippen LogP contribution in [-0.4, -0.2) is 89.2 Å². The first-order valence-electron chi connectivity index (χ1n) is 11.0. The Balaban J connectivity index is 2.04. The van der Waals surface area contributed by atoms with Gasteiger partial charge in [-0.05, 0) is 31.0 Å². The molecule has 12 heteroatoms. The second-order valence-corrected chi connectivity index (χ2v) is 10.2. The van der Waals surface area contributed by atoms with E-state index < -0.39 is 40.5 Å². The number of amides is 2. The summed E-state index contributed by atoms with van der Waals surface area (Å²) in [5.41, 5.74) is 0.0823. The van der Waals surface area contributed by atoms with Gasteiger partial charge in [-0.1, -0.05) is 19.9 Å². The predicted octanol–water partition coefficient (Wildman–Crippen LogP) is 0.156. The molecule has 0 saturated carbocycles. The maximum absolute atomic E-state index is 12.9. The summed E-state index contributed by atoms with van der Waals surface area (Å²) in [5.74, 6) is -2.23. The summed E-state index contributed by atoms with van der Waals surface area (Å²) < 4.78 is 42.3. The van der Waals surface area contributed by atoms with Gasteiger partial charge in [-0.15, -0.1) is 0 Å². The highest BCUT2D eigenvalue weighted by atomic mass is 32.2. The Morgan fingerprint density at radius 1 is 1.12 bits per heavy atom. The van der Waals surface area contributed by atoms with Crippen molar-refractivity contribution in [1.29, 1.82) is 0 Å². The standard InChI is InChI=1S/C22H33N3O8S/c1-15(2)20(22(28)33-14-19(26)23-16(3)13-31-4)24-21(27)17-6-5-7-18(12-17)34(29,30)25-8-10-32-11-9-25/h5-7,12,15-16,20H,8-11,13-14H2,1-4H3,(H,23,26)(H,24,27)/t16?,20-/m0/s1. The molecule has 1 unspecified atom stereocenters. The molecule has 11 nitrogen and oxygen atoms in total. The number of methoxy groups -OCH3 is 1. The summed E-state index contributed by atoms with van der Waals surface area (Å²) in [5, 5.41) is 5.20. The number of ether oxygens (including phenoxy) is 3. The molecule has 1 aromatic carbocycles. The van der Waals surface area contributed by atoms with Crippen molar-refractivity contribution < 1.29 is 37.0 Å². The van der Waals surface area contributed by atoms with Gasteiger partial charge in [0.1, 0.15) is 6.04 Å². The maximum Gasteiger partial charge on any atom is 0.329 e. The van der Waals surface area contributed by atoms with E-state index >= 15 is 0 Å². The lowest BCUT2D eigenvalue weighted by atomic mass is 10.0. The van der Waals surface area contributed by atoms with Crippen LogP contribution >= 0.6 is 0 Å². The highest BCUT2D eigenvalue weighted by molar-refractivity contribution is 7.89. The number of hydrogen-bond donors (Lipinski definition) is 2. The van der Waals surface area contributed by atoms with Crippen LogP contribution in [0.25, 0.3) is 0 Å². The van der Waals surface area contributed by atoms with Gasteiger partial charge in [-0.3, -0.25) is 9.59 Å². The molecule has 0 aliphatic carbocycles. The molecule has 1 heterocycles. The molecule has 1 fully saturated rings. The second kappa shape index (κ2) is 12.8. The Morgan fingerprint density at radius 3 is 2.41 bits per heavy atom. The van der Waals surface area contributed by atoms with E-state index in [1.54, 1.807) is 20.8 Å². The molecule has 2 N–H and O–H groups in total. The van der Waals surface area contributed by atoms with Gasteiger partial charge in [0, 0.05) is 31.8 Å². The van der Waals surface area contributed by atoms with E-state index in [9.17, 15) is 22.8 Å². The smallest absolute Gasteiger partial charge is 0.329 e. The Labute approximate surface area is 200 Å². The number of nitrogens with zero attached hydrogens (tertiary/aromatic N) is 1. The van der Waals surface area contributed by atoms with Gasteiger partial charge in [-0.25, -0.2) is 13.2 Å². The lowest BCUT2D eigenvalue weighted by molar-refractivity contribution is -0.151. The van der Waals surface area contributed by atoms with Gasteiger partial charge in [-0.2, -0.15) is 4.31 Å². The minimum absolute atomic E-state index is 0.0208. The third kappa shape index (κ3) is 7.76. The number of carbonyl (C=O) groups excluding carboxylic acids is 3. The fourth-order valence-corrected chi connectivity index (χ4v) is 4.75. The average Bonchev–Trinajstić information content (AvgIpc) is 2.81. The number of sulfonamides is 1. The zero-order valence-corrected chi connectivity index (χ0v) is 20.7. The van der Waals surface area contributed by atoms with Crippen LogP contribution in [0.2, 0.25) is 0 Å². The molecule has 190 valence electrons. The molecular weight excluding hydrogens is 466 g/mol. The van der Waals surface area contributed by atoms with E-state index in [1.807, 2.05) is 0 Å². The minimum atomic E-state index is -3.78. The lowest BCUT2D eigenvalue weighted by Gasteiger charge is -2.26. The second-order valence-electron chi connectivity index (χ2n) is 8.27. The van der Waals surface area contributed by atoms with Crippen molar-refractivity contribution in [2.45, 2.75) is 37.8 Å². The molecular formula is C22H33N3O8S. The molecule has 34 heavy (non-hydrogen) atoms. The minimum Gasteiger partial charge on any atom is -0.454 e. The normalized spacial score (nSPS) is 16.5. The van der Waals surface area contributed by atoms with Gasteiger partial charge in [0.05, 0.1) is 24.7 Å². The molecule has 2 rings (SSSR count). The predicted molar refractivity (Wildman–Crippen MR) is 123 cm³/mol. The summed E-state index contributed by atoms with van der Waals surface area (Å²) in [7, 11) is -2.28. The van der Waals surface area contributed by atoms with Crippen molar-refractivity contribution >= 4 is 27.8 Å². The van der Waals surface area contributed by atoms with Gasteiger partial charge < -0.3 is 24.8 Å². The summed E-state index contributed by atoms with van der Waals surface area (Å²) in [6, 6.07) is 4.33. The molecule has 1 aliphatic heterocycles. The summed E-state index contributed by atoms with van der Waals surface area (Å²) in [4.78, 5) is 37.3. The molecule has 1 aliphatic rings. The van der Waals surface area contributed by atoms with Gasteiger partial charge in [0.2, 0.25) is 10.0 Å². The zero-order chi connectivity index (χ0) is 25.3. The Hall–Kier alpha value is -2.54. The Kier molecular flexibility index (Phi) is 10.4. The number of benzene rings is 1. The first-order valence-corrected chi connectivity index (χ1v) is 12.4. The molecule has 1 saturated heterocycles. The molecule has 1 aromatic rings. The van der Waals surface area contributed by atoms with Gasteiger partial charge in [0.25, 0.3) is 11.8 Å². The molecule has 2 atom stereocenters. The third-order valence-electron chi connectivity index (χ3n) is 5.08. The van der Waals surface area contributed by atoms with Crippen LogP contribution in [0.3, 0.4) is 0 Å². The number of nitrogens with one attached hydrogen (secondary N) is 2. The molecule has 0 bridgehead atoms. The van der Waals surface area contributed by atoms with Crippen molar-refractivity contribution in [2.75, 3.05) is 46.6 Å². The lowest BCUT2D eigenvalue weighted by Crippen LogP contribution is -2.46. The number of hydrogen-bond acceptors (Lipinski definition) is 8. The van der Waals surface area contributed by atoms with E-state index in [0.717, 1.165) is 0 Å². The van der Waals surface area contributed by atoms with Crippen LogP contribution in [0, 0.1) is 5.92 Å². The first kappa shape index (κ1) is 27.7. The van der Waals surface area contributed by atoms with Crippen LogP contribution in [0.5, 0.6) is 0 Å². The highest BCUT2D eigenvalue weighted by Gasteiger charge is 2.29. The average molecular weight is 500 g/mol. The monoisotopic (exact) mass is 499 g/mol. The van der Waals surface area contributed by atoms with E-state index in [0.29, 0.717) is 19.8 Å². The van der Waals surface area contributed by atoms with Crippen molar-refractivity contribution in [3.63, 3.8) is 0 Å². The van der Waals surface area contributed by atoms with E-state index in [4.69, 9.17) is 14.2 Å². The van der Waals surface area contributed by atoms with Crippen LogP contribution in [0.4, 0.5) is 0 Å². The number of carbonyl (C=O) groups is 3. The molecule has 2 amide bonds. The first-order chi connectivity index (χ1) is 16.1. The summed E-state index contributed by atoms with van der Waals surface area (Å²) in [6.45, 7) is 6.06. The molecule has 0 radical (unpaired) electrons. The fourth-order valence-electron chi connectivity index (χ4n) is 3.29. The Morgan fingerprint density at radius 2 is 1.79 bits per heavy atom. The number of rotatable bonds is 11. The van der Waals surface area contributed by atoms with Crippen LogP contribution in [0.1, 0.15) is 31.1 Å². The van der Waals surface area contributed by atoms with Crippen molar-refractivity contribution in [2.24, 2.45) is 5.92 Å². The SMILES string of the molecule is COCC(C)NC(=O)COC(=O)[C@@H](NC(=O)c1cccc(S(=O)(=O)N2CCOCC2)c1)C(C)C. The van der Waals surface area contributed by atoms with Crippen LogP contribution in [-0.2, 0) is 33.8 Å². The summed E-state index contributed by atoms with van der Waals surface area (Å²) in [6.07, 6.45) is 0. The van der Waals surface area contributed by atoms with Crippen molar-refractivity contribution in [3.8, 4) is 0 Å². The maximum atomic E-state index is 12.9. The third-order valence-corrected chi connectivity index (χ3v) is 6.98. The highest BCUT2D eigenvalue weighted by Crippen LogP contribution is 2.19. The number of esters is 1. The van der Waals surface area contributed by atoms with Gasteiger partial charge in [0.15, 0.2) is 6.61 Å². The zero-order valence-electron chi connectivity index (χ0n) is 19.9. The fraction of sp³-hybridized carbons (Fsp3) is 0.591. The quantitative estimate of drug-likeness (QED) is 0.410. The van der Waals surface area contributed by atoms with Crippen molar-refractivity contribution in [1.82, 2.24) is 14.9 Å². The summed E-state index contributed by atoms with van der Waals surface area (Å²) >= 11 is 0.